The van der Waals surface area contributed by atoms with Crippen LogP contribution in [-0.4, -0.2) is 34.1 Å². The van der Waals surface area contributed by atoms with Gasteiger partial charge in [0.25, 0.3) is 11.5 Å². The van der Waals surface area contributed by atoms with Crippen LogP contribution >= 0.6 is 0 Å². The van der Waals surface area contributed by atoms with E-state index < -0.39 is 18.0 Å². The fraction of sp³-hybridized carbons (Fsp3) is 0.292. The van der Waals surface area contributed by atoms with Crippen LogP contribution in [0.5, 0.6) is 0 Å². The second-order valence-electron chi connectivity index (χ2n) is 7.27. The Labute approximate surface area is 185 Å². The van der Waals surface area contributed by atoms with Crippen LogP contribution in [0.2, 0.25) is 0 Å². The van der Waals surface area contributed by atoms with Gasteiger partial charge in [0.15, 0.2) is 6.10 Å². The number of esters is 1. The summed E-state index contributed by atoms with van der Waals surface area (Å²) in [5, 5.41) is 9.42. The van der Waals surface area contributed by atoms with Gasteiger partial charge in [-0.3, -0.25) is 19.0 Å². The van der Waals surface area contributed by atoms with Crippen LogP contribution in [0.25, 0.3) is 10.9 Å². The molecule has 1 aromatic heterocycles. The highest BCUT2D eigenvalue weighted by Gasteiger charge is 2.25. The largest absolute Gasteiger partial charge is 0.453 e. The molecule has 3 aromatic rings. The van der Waals surface area contributed by atoms with Crippen LogP contribution in [-0.2, 0) is 27.8 Å². The van der Waals surface area contributed by atoms with Gasteiger partial charge in [-0.25, -0.2) is 4.98 Å². The van der Waals surface area contributed by atoms with Crippen LogP contribution < -0.4 is 10.5 Å². The van der Waals surface area contributed by atoms with Crippen molar-refractivity contribution in [2.75, 3.05) is 11.4 Å². The topological polar surface area (TPSA) is 105 Å². The molecule has 0 aliphatic heterocycles. The van der Waals surface area contributed by atoms with Gasteiger partial charge in [-0.1, -0.05) is 30.3 Å². The third-order valence-corrected chi connectivity index (χ3v) is 5.07. The number of nitriles is 1. The van der Waals surface area contributed by atoms with Crippen molar-refractivity contribution in [3.8, 4) is 6.07 Å². The average molecular weight is 432 g/mol. The van der Waals surface area contributed by atoms with Crippen molar-refractivity contribution in [2.45, 2.75) is 32.3 Å². The van der Waals surface area contributed by atoms with Crippen molar-refractivity contribution in [3.63, 3.8) is 0 Å². The van der Waals surface area contributed by atoms with Crippen molar-refractivity contribution < 1.29 is 14.3 Å². The van der Waals surface area contributed by atoms with E-state index in [0.29, 0.717) is 22.4 Å². The predicted molar refractivity (Wildman–Crippen MR) is 120 cm³/mol. The van der Waals surface area contributed by atoms with Gasteiger partial charge in [-0.2, -0.15) is 5.26 Å². The number of fused-ring (bicyclic) bond motifs is 1. The molecule has 0 fully saturated rings. The minimum absolute atomic E-state index is 0.0280. The van der Waals surface area contributed by atoms with Gasteiger partial charge in [0.05, 0.1) is 29.8 Å². The maximum Gasteiger partial charge on any atom is 0.307 e. The molecule has 8 nitrogen and oxygen atoms in total. The standard InChI is InChI=1S/C24H24N4O4/c1-17(23(30)28(16-8-15-25)18-9-4-3-5-10-18)32-22(29)14-13-21-26-20-12-7-6-11-19(20)24(31)27(21)2/h3-7,9-12,17H,8,13-14,16H2,1-2H3. The minimum Gasteiger partial charge on any atom is -0.453 e. The van der Waals surface area contributed by atoms with E-state index in [9.17, 15) is 14.4 Å². The zero-order valence-corrected chi connectivity index (χ0v) is 18.0. The molecule has 0 spiro atoms. The first-order valence-corrected chi connectivity index (χ1v) is 10.3. The lowest BCUT2D eigenvalue weighted by molar-refractivity contribution is -0.153. The quantitative estimate of drug-likeness (QED) is 0.507. The molecule has 2 aromatic carbocycles. The highest BCUT2D eigenvalue weighted by molar-refractivity contribution is 5.97. The first-order valence-electron chi connectivity index (χ1n) is 10.3. The molecule has 0 aliphatic carbocycles. The number of para-hydroxylation sites is 2. The van der Waals surface area contributed by atoms with E-state index >= 15 is 0 Å². The van der Waals surface area contributed by atoms with E-state index in [4.69, 9.17) is 10.00 Å². The molecule has 1 amide bonds. The number of anilines is 1. The summed E-state index contributed by atoms with van der Waals surface area (Å²) in [4.78, 5) is 43.7. The zero-order chi connectivity index (χ0) is 23.1. The third-order valence-electron chi connectivity index (χ3n) is 5.07. The van der Waals surface area contributed by atoms with Crippen LogP contribution in [0.15, 0.2) is 59.4 Å². The van der Waals surface area contributed by atoms with Crippen molar-refractivity contribution in [3.05, 3.63) is 70.8 Å². The molecule has 3 rings (SSSR count). The summed E-state index contributed by atoms with van der Waals surface area (Å²) in [6.45, 7) is 1.71. The summed E-state index contributed by atoms with van der Waals surface area (Å²) >= 11 is 0. The molecule has 32 heavy (non-hydrogen) atoms. The highest BCUT2D eigenvalue weighted by Crippen LogP contribution is 2.16. The van der Waals surface area contributed by atoms with Gasteiger partial charge < -0.3 is 9.64 Å². The second kappa shape index (κ2) is 10.4. The predicted octanol–water partition coefficient (Wildman–Crippen LogP) is 2.74. The molecule has 1 unspecified atom stereocenters. The normalized spacial score (nSPS) is 11.5. The first kappa shape index (κ1) is 22.7. The van der Waals surface area contributed by atoms with Gasteiger partial charge in [0.1, 0.15) is 5.82 Å². The molecule has 164 valence electrons. The number of amides is 1. The minimum atomic E-state index is -1.02. The first-order chi connectivity index (χ1) is 15.4. The van der Waals surface area contributed by atoms with E-state index in [1.807, 2.05) is 12.1 Å². The lowest BCUT2D eigenvalue weighted by Crippen LogP contribution is -2.40. The fourth-order valence-electron chi connectivity index (χ4n) is 3.36. The Morgan fingerprint density at radius 3 is 2.56 bits per heavy atom. The summed E-state index contributed by atoms with van der Waals surface area (Å²) in [6, 6.07) is 18.0. The summed E-state index contributed by atoms with van der Waals surface area (Å²) < 4.78 is 6.77. The number of nitrogens with zero attached hydrogens (tertiary/aromatic N) is 4. The smallest absolute Gasteiger partial charge is 0.307 e. The molecule has 8 heteroatoms. The van der Waals surface area contributed by atoms with Crippen molar-refractivity contribution in [2.24, 2.45) is 7.05 Å². The highest BCUT2D eigenvalue weighted by atomic mass is 16.5. The van der Waals surface area contributed by atoms with Crippen molar-refractivity contribution in [1.82, 2.24) is 9.55 Å². The summed E-state index contributed by atoms with van der Waals surface area (Å²) in [5.41, 5.74) is 1.02. The molecule has 0 saturated heterocycles. The number of ether oxygens (including phenoxy) is 1. The lowest BCUT2D eigenvalue weighted by Gasteiger charge is -2.25. The Morgan fingerprint density at radius 1 is 1.16 bits per heavy atom. The molecule has 1 heterocycles. The Kier molecular flexibility index (Phi) is 7.34. The van der Waals surface area contributed by atoms with E-state index in [1.54, 1.807) is 55.6 Å². The molecule has 1 atom stereocenters. The number of hydrogen-bond acceptors (Lipinski definition) is 6. The number of benzene rings is 2. The van der Waals surface area contributed by atoms with Gasteiger partial charge in [0.2, 0.25) is 0 Å². The van der Waals surface area contributed by atoms with Crippen LogP contribution in [0.4, 0.5) is 5.69 Å². The maximum absolute atomic E-state index is 12.9. The van der Waals surface area contributed by atoms with Gasteiger partial charge >= 0.3 is 5.97 Å². The van der Waals surface area contributed by atoms with Crippen molar-refractivity contribution in [1.29, 1.82) is 5.26 Å². The van der Waals surface area contributed by atoms with E-state index in [0.717, 1.165) is 0 Å². The average Bonchev–Trinajstić information content (AvgIpc) is 2.81. The molecule has 0 aliphatic rings. The van der Waals surface area contributed by atoms with E-state index in [1.165, 1.54) is 16.4 Å². The summed E-state index contributed by atoms with van der Waals surface area (Å²) in [7, 11) is 1.61. The number of carbonyl (C=O) groups is 2. The maximum atomic E-state index is 12.9. The Morgan fingerprint density at radius 2 is 1.84 bits per heavy atom. The SMILES string of the molecule is CC(OC(=O)CCc1nc2ccccc2c(=O)n1C)C(=O)N(CCC#N)c1ccccc1. The monoisotopic (exact) mass is 432 g/mol. The zero-order valence-electron chi connectivity index (χ0n) is 18.0. The number of rotatable bonds is 8. The van der Waals surface area contributed by atoms with Crippen LogP contribution in [0, 0.1) is 11.3 Å². The summed E-state index contributed by atoms with van der Waals surface area (Å²) in [6.07, 6.45) is -0.689. The summed E-state index contributed by atoms with van der Waals surface area (Å²) in [5.74, 6) is -0.512. The molecular formula is C24H24N4O4. The van der Waals surface area contributed by atoms with Gasteiger partial charge in [-0.05, 0) is 31.2 Å². The molecular weight excluding hydrogens is 408 g/mol. The number of carbonyl (C=O) groups excluding carboxylic acids is 2. The molecule has 0 saturated carbocycles. The number of hydrogen-bond donors (Lipinski definition) is 0. The Balaban J connectivity index is 1.66. The third kappa shape index (κ3) is 5.19. The van der Waals surface area contributed by atoms with Crippen molar-refractivity contribution >= 4 is 28.5 Å². The van der Waals surface area contributed by atoms with E-state index in [2.05, 4.69) is 4.98 Å². The number of aryl methyl sites for hydroxylation is 1. The van der Waals surface area contributed by atoms with Crippen LogP contribution in [0.3, 0.4) is 0 Å². The molecule has 0 N–H and O–H groups in total. The Hall–Kier alpha value is -3.99. The molecule has 0 bridgehead atoms. The number of aromatic nitrogens is 2. The van der Waals surface area contributed by atoms with Gasteiger partial charge in [-0.15, -0.1) is 0 Å². The molecule has 0 radical (unpaired) electrons. The van der Waals surface area contributed by atoms with Crippen LogP contribution in [0.1, 0.15) is 25.6 Å². The fourth-order valence-corrected chi connectivity index (χ4v) is 3.36. The lowest BCUT2D eigenvalue weighted by atomic mass is 10.2. The Bertz CT molecular complexity index is 1210. The van der Waals surface area contributed by atoms with E-state index in [-0.39, 0.29) is 31.4 Å². The second-order valence-corrected chi connectivity index (χ2v) is 7.27. The van der Waals surface area contributed by atoms with Gasteiger partial charge in [0, 0.05) is 25.7 Å².